The zero-order chi connectivity index (χ0) is 19.7. The van der Waals surface area contributed by atoms with Gasteiger partial charge in [-0.15, -0.1) is 5.10 Å². The van der Waals surface area contributed by atoms with Crippen LogP contribution in [-0.4, -0.2) is 45.3 Å². The summed E-state index contributed by atoms with van der Waals surface area (Å²) in [5.41, 5.74) is 3.72. The number of benzene rings is 1. The fraction of sp³-hybridized carbons (Fsp3) is 0.524. The van der Waals surface area contributed by atoms with E-state index in [4.69, 9.17) is 9.72 Å². The number of hydrogen-bond acceptors (Lipinski definition) is 6. The fourth-order valence-corrected chi connectivity index (χ4v) is 4.22. The molecule has 3 aromatic rings. The maximum Gasteiger partial charge on any atom is 0.214 e. The van der Waals surface area contributed by atoms with Crippen LogP contribution >= 0.6 is 11.3 Å². The first kappa shape index (κ1) is 19.4. The molecule has 0 aliphatic carbocycles. The van der Waals surface area contributed by atoms with Crippen LogP contribution in [0.2, 0.25) is 0 Å². The van der Waals surface area contributed by atoms with E-state index in [9.17, 15) is 0 Å². The average Bonchev–Trinajstić information content (AvgIpc) is 3.19. The molecule has 28 heavy (non-hydrogen) atoms. The molecule has 6 nitrogen and oxygen atoms in total. The van der Waals surface area contributed by atoms with Crippen LogP contribution in [0.4, 0.5) is 5.13 Å². The van der Waals surface area contributed by atoms with E-state index < -0.39 is 0 Å². The highest BCUT2D eigenvalue weighted by molar-refractivity contribution is 7.20. The first-order chi connectivity index (χ1) is 13.4. The zero-order valence-electron chi connectivity index (χ0n) is 17.1. The molecule has 2 aromatic heterocycles. The monoisotopic (exact) mass is 399 g/mol. The van der Waals surface area contributed by atoms with Crippen molar-refractivity contribution in [1.29, 1.82) is 0 Å². The lowest BCUT2D eigenvalue weighted by atomic mass is 9.93. The highest BCUT2D eigenvalue weighted by Gasteiger charge is 2.19. The Morgan fingerprint density at radius 3 is 2.86 bits per heavy atom. The normalized spacial score (nSPS) is 18.6. The van der Waals surface area contributed by atoms with Crippen LogP contribution in [0.3, 0.4) is 0 Å². The van der Waals surface area contributed by atoms with Crippen molar-refractivity contribution in [2.45, 2.75) is 52.3 Å². The third kappa shape index (κ3) is 4.54. The van der Waals surface area contributed by atoms with Gasteiger partial charge in [0.15, 0.2) is 0 Å². The number of fused-ring (bicyclic) bond motifs is 1. The Labute approximate surface area is 170 Å². The molecule has 1 atom stereocenters. The lowest BCUT2D eigenvalue weighted by Crippen LogP contribution is -2.40. The first-order valence-corrected chi connectivity index (χ1v) is 10.7. The predicted molar refractivity (Wildman–Crippen MR) is 114 cm³/mol. The summed E-state index contributed by atoms with van der Waals surface area (Å²) < 4.78 is 7.52. The molecule has 0 saturated carbocycles. The lowest BCUT2D eigenvalue weighted by molar-refractivity contribution is -0.0212. The molecule has 1 saturated heterocycles. The van der Waals surface area contributed by atoms with Crippen LogP contribution in [0, 0.1) is 0 Å². The number of ether oxygens (including phenoxy) is 1. The van der Waals surface area contributed by atoms with Crippen molar-refractivity contribution in [3.8, 4) is 0 Å². The van der Waals surface area contributed by atoms with Gasteiger partial charge in [0.2, 0.25) is 10.1 Å². The second-order valence-corrected chi connectivity index (χ2v) is 9.56. The molecule has 1 aliphatic rings. The fourth-order valence-electron chi connectivity index (χ4n) is 3.44. The predicted octanol–water partition coefficient (Wildman–Crippen LogP) is 3.92. The number of hydrogen-bond donors (Lipinski definition) is 1. The molecular formula is C21H29N5OS. The molecule has 1 aromatic carbocycles. The topological polar surface area (TPSA) is 54.7 Å². The summed E-state index contributed by atoms with van der Waals surface area (Å²) in [6, 6.07) is 8.79. The summed E-state index contributed by atoms with van der Waals surface area (Å²) in [5, 5.41) is 8.97. The molecule has 0 radical (unpaired) electrons. The molecule has 150 valence electrons. The lowest BCUT2D eigenvalue weighted by Gasteiger charge is -2.31. The Bertz CT molecular complexity index is 910. The minimum absolute atomic E-state index is 0.0414. The highest BCUT2D eigenvalue weighted by Crippen LogP contribution is 2.26. The number of aromatic nitrogens is 3. The molecule has 3 heterocycles. The number of imidazole rings is 1. The van der Waals surface area contributed by atoms with E-state index >= 15 is 0 Å². The Kier molecular flexibility index (Phi) is 5.40. The third-order valence-electron chi connectivity index (χ3n) is 4.98. The Hall–Kier alpha value is -1.96. The van der Waals surface area contributed by atoms with Crippen molar-refractivity contribution in [3.05, 3.63) is 47.3 Å². The van der Waals surface area contributed by atoms with Crippen molar-refractivity contribution < 1.29 is 4.74 Å². The molecule has 0 bridgehead atoms. The average molecular weight is 400 g/mol. The van der Waals surface area contributed by atoms with Crippen molar-refractivity contribution in [2.24, 2.45) is 0 Å². The second kappa shape index (κ2) is 7.81. The van der Waals surface area contributed by atoms with Crippen molar-refractivity contribution >= 4 is 21.4 Å². The van der Waals surface area contributed by atoms with Gasteiger partial charge in [-0.05, 0) is 18.1 Å². The maximum atomic E-state index is 5.64. The molecule has 0 spiro atoms. The molecule has 1 aliphatic heterocycles. The van der Waals surface area contributed by atoms with E-state index in [1.807, 2.05) is 10.7 Å². The van der Waals surface area contributed by atoms with Crippen LogP contribution in [0.15, 0.2) is 30.5 Å². The van der Waals surface area contributed by atoms with Gasteiger partial charge in [0.05, 0.1) is 24.6 Å². The van der Waals surface area contributed by atoms with E-state index in [0.29, 0.717) is 6.10 Å². The summed E-state index contributed by atoms with van der Waals surface area (Å²) in [5.74, 6) is 0. The quantitative estimate of drug-likeness (QED) is 0.705. The summed E-state index contributed by atoms with van der Waals surface area (Å²) >= 11 is 1.59. The molecule has 1 fully saturated rings. The molecule has 1 unspecified atom stereocenters. The van der Waals surface area contributed by atoms with Crippen molar-refractivity contribution in [1.82, 2.24) is 19.5 Å². The smallest absolute Gasteiger partial charge is 0.214 e. The second-order valence-electron chi connectivity index (χ2n) is 8.60. The van der Waals surface area contributed by atoms with E-state index in [2.05, 4.69) is 67.3 Å². The molecule has 1 N–H and O–H groups in total. The van der Waals surface area contributed by atoms with Crippen LogP contribution in [0.1, 0.15) is 44.5 Å². The standard InChI is InChI=1S/C21H29N5OS/c1-15-12-25(8-9-27-15)13-17-7-5-6-16(10-17)11-22-19-24-26-14-18(21(2,3)4)23-20(26)28-19/h5-7,10,14-15H,8-9,11-13H2,1-4H3,(H,22,24). The number of morpholine rings is 1. The SMILES string of the molecule is CC1CN(Cc2cccc(CNc3nn4cc(C(C)(C)C)nc4s3)c2)CCO1. The van der Waals surface area contributed by atoms with Gasteiger partial charge in [0, 0.05) is 31.6 Å². The van der Waals surface area contributed by atoms with Crippen molar-refractivity contribution in [3.63, 3.8) is 0 Å². The van der Waals surface area contributed by atoms with E-state index in [1.54, 1.807) is 11.3 Å². The minimum Gasteiger partial charge on any atom is -0.376 e. The minimum atomic E-state index is 0.0414. The summed E-state index contributed by atoms with van der Waals surface area (Å²) in [7, 11) is 0. The molecule has 7 heteroatoms. The van der Waals surface area contributed by atoms with Crippen LogP contribution in [-0.2, 0) is 23.2 Å². The van der Waals surface area contributed by atoms with Gasteiger partial charge in [-0.1, -0.05) is 56.4 Å². The van der Waals surface area contributed by atoms with E-state index in [-0.39, 0.29) is 5.41 Å². The first-order valence-electron chi connectivity index (χ1n) is 9.89. The van der Waals surface area contributed by atoms with Gasteiger partial charge in [0.25, 0.3) is 0 Å². The maximum absolute atomic E-state index is 5.64. The Balaban J connectivity index is 1.38. The summed E-state index contributed by atoms with van der Waals surface area (Å²) in [4.78, 5) is 8.10. The summed E-state index contributed by atoms with van der Waals surface area (Å²) in [6.07, 6.45) is 2.35. The number of rotatable bonds is 5. The summed E-state index contributed by atoms with van der Waals surface area (Å²) in [6.45, 7) is 13.2. The van der Waals surface area contributed by atoms with Gasteiger partial charge < -0.3 is 10.1 Å². The van der Waals surface area contributed by atoms with Gasteiger partial charge in [-0.25, -0.2) is 9.50 Å². The van der Waals surface area contributed by atoms with Crippen LogP contribution in [0.25, 0.3) is 4.96 Å². The van der Waals surface area contributed by atoms with Gasteiger partial charge in [-0.3, -0.25) is 4.90 Å². The largest absolute Gasteiger partial charge is 0.376 e. The number of nitrogens with one attached hydrogen (secondary N) is 1. The third-order valence-corrected chi connectivity index (χ3v) is 5.86. The van der Waals surface area contributed by atoms with E-state index in [0.717, 1.165) is 48.6 Å². The molecular weight excluding hydrogens is 370 g/mol. The Morgan fingerprint density at radius 2 is 2.11 bits per heavy atom. The molecule has 0 amide bonds. The number of anilines is 1. The highest BCUT2D eigenvalue weighted by atomic mass is 32.1. The zero-order valence-corrected chi connectivity index (χ0v) is 17.9. The van der Waals surface area contributed by atoms with Crippen molar-refractivity contribution in [2.75, 3.05) is 25.0 Å². The van der Waals surface area contributed by atoms with E-state index in [1.165, 1.54) is 11.1 Å². The molecule has 4 rings (SSSR count). The van der Waals surface area contributed by atoms with Gasteiger partial charge >= 0.3 is 0 Å². The van der Waals surface area contributed by atoms with Gasteiger partial charge in [-0.2, -0.15) is 0 Å². The van der Waals surface area contributed by atoms with Crippen LogP contribution < -0.4 is 5.32 Å². The van der Waals surface area contributed by atoms with Crippen LogP contribution in [0.5, 0.6) is 0 Å². The number of nitrogens with zero attached hydrogens (tertiary/aromatic N) is 4. The van der Waals surface area contributed by atoms with Gasteiger partial charge in [0.1, 0.15) is 0 Å². The Morgan fingerprint density at radius 1 is 1.29 bits per heavy atom.